The van der Waals surface area contributed by atoms with Crippen LogP contribution in [-0.2, 0) is 4.79 Å². The second-order valence-electron chi connectivity index (χ2n) is 8.21. The van der Waals surface area contributed by atoms with Crippen LogP contribution in [0.3, 0.4) is 0 Å². The lowest BCUT2D eigenvalue weighted by molar-refractivity contribution is -0.116. The van der Waals surface area contributed by atoms with Crippen LogP contribution in [0.15, 0.2) is 12.2 Å². The van der Waals surface area contributed by atoms with Crippen molar-refractivity contribution in [2.75, 3.05) is 10.6 Å². The third-order valence-electron chi connectivity index (χ3n) is 5.24. The highest BCUT2D eigenvalue weighted by molar-refractivity contribution is 7.19. The molecular weight excluding hydrogens is 380 g/mol. The number of nitrogens with one attached hydrogen (secondary N) is 2. The van der Waals surface area contributed by atoms with Gasteiger partial charge in [0, 0.05) is 12.5 Å². The van der Waals surface area contributed by atoms with E-state index in [1.54, 1.807) is 0 Å². The van der Waals surface area contributed by atoms with E-state index in [1.807, 2.05) is 0 Å². The fourth-order valence-corrected chi connectivity index (χ4v) is 4.01. The first-order valence-electron chi connectivity index (χ1n) is 11.8. The number of anilines is 2. The molecule has 29 heavy (non-hydrogen) atoms. The van der Waals surface area contributed by atoms with Gasteiger partial charge in [0.05, 0.1) is 0 Å². The SMILES string of the molecule is CCCCCCCC/C=C/CCCCCCCC(=O)Nc1nnc(NC2CC2)s1. The molecule has 0 spiro atoms. The summed E-state index contributed by atoms with van der Waals surface area (Å²) in [6.07, 6.45) is 24.2. The maximum atomic E-state index is 12.0. The topological polar surface area (TPSA) is 66.9 Å². The van der Waals surface area contributed by atoms with Gasteiger partial charge in [-0.2, -0.15) is 0 Å². The number of hydrogen-bond acceptors (Lipinski definition) is 5. The molecule has 1 aromatic heterocycles. The summed E-state index contributed by atoms with van der Waals surface area (Å²) in [4.78, 5) is 12.0. The average Bonchev–Trinajstić information content (AvgIpc) is 3.42. The first-order chi connectivity index (χ1) is 14.3. The third kappa shape index (κ3) is 12.7. The monoisotopic (exact) mass is 420 g/mol. The van der Waals surface area contributed by atoms with E-state index in [2.05, 4.69) is 39.9 Å². The highest BCUT2D eigenvalue weighted by atomic mass is 32.1. The van der Waals surface area contributed by atoms with Gasteiger partial charge in [-0.1, -0.05) is 81.8 Å². The molecule has 1 amide bonds. The summed E-state index contributed by atoms with van der Waals surface area (Å²) in [5.41, 5.74) is 0. The van der Waals surface area contributed by atoms with Gasteiger partial charge in [-0.05, 0) is 44.9 Å². The summed E-state index contributed by atoms with van der Waals surface area (Å²) in [7, 11) is 0. The van der Waals surface area contributed by atoms with E-state index in [-0.39, 0.29) is 5.91 Å². The van der Waals surface area contributed by atoms with Gasteiger partial charge in [0.2, 0.25) is 16.2 Å². The number of carbonyl (C=O) groups excluding carboxylic acids is 1. The molecule has 5 nitrogen and oxygen atoms in total. The summed E-state index contributed by atoms with van der Waals surface area (Å²) in [6, 6.07) is 0.558. The van der Waals surface area contributed by atoms with Crippen LogP contribution >= 0.6 is 11.3 Å². The Morgan fingerprint density at radius 1 is 0.897 bits per heavy atom. The average molecular weight is 421 g/mol. The van der Waals surface area contributed by atoms with Crippen molar-refractivity contribution in [2.45, 2.75) is 116 Å². The fourth-order valence-electron chi connectivity index (χ4n) is 3.27. The van der Waals surface area contributed by atoms with Crippen molar-refractivity contribution >= 4 is 27.5 Å². The molecule has 1 saturated carbocycles. The summed E-state index contributed by atoms with van der Waals surface area (Å²) >= 11 is 1.42. The van der Waals surface area contributed by atoms with Gasteiger partial charge >= 0.3 is 0 Å². The van der Waals surface area contributed by atoms with E-state index in [0.717, 1.165) is 18.0 Å². The lowest BCUT2D eigenvalue weighted by Crippen LogP contribution is -2.10. The van der Waals surface area contributed by atoms with Crippen LogP contribution in [0.5, 0.6) is 0 Å². The quantitative estimate of drug-likeness (QED) is 0.196. The molecule has 0 saturated heterocycles. The fraction of sp³-hybridized carbons (Fsp3) is 0.783. The summed E-state index contributed by atoms with van der Waals surface area (Å²) < 4.78 is 0. The van der Waals surface area contributed by atoms with Crippen LogP contribution in [0.25, 0.3) is 0 Å². The minimum atomic E-state index is 0.0525. The van der Waals surface area contributed by atoms with Crippen molar-refractivity contribution in [3.8, 4) is 0 Å². The van der Waals surface area contributed by atoms with Gasteiger partial charge < -0.3 is 10.6 Å². The standard InChI is InChI=1S/C23H40N4OS/c1-2-3-4-5-6-7-8-9-10-11-12-13-14-15-16-17-21(28)25-23-27-26-22(29-23)24-20-18-19-20/h9-10,20H,2-8,11-19H2,1H3,(H,24,26)(H,25,27,28)/b10-9+. The Kier molecular flexibility index (Phi) is 12.7. The Balaban J connectivity index is 1.35. The van der Waals surface area contributed by atoms with Gasteiger partial charge in [0.15, 0.2) is 0 Å². The maximum Gasteiger partial charge on any atom is 0.226 e. The summed E-state index contributed by atoms with van der Waals surface area (Å²) in [6.45, 7) is 2.27. The van der Waals surface area contributed by atoms with Crippen LogP contribution in [-0.4, -0.2) is 22.1 Å². The Hall–Kier alpha value is -1.43. The summed E-state index contributed by atoms with van der Waals surface area (Å²) in [5.74, 6) is 0.0525. The first-order valence-corrected chi connectivity index (χ1v) is 12.6. The smallest absolute Gasteiger partial charge is 0.226 e. The van der Waals surface area contributed by atoms with Crippen LogP contribution in [0.1, 0.15) is 110 Å². The molecule has 2 rings (SSSR count). The van der Waals surface area contributed by atoms with E-state index in [1.165, 1.54) is 94.8 Å². The molecule has 1 aromatic rings. The number of rotatable bonds is 18. The molecule has 0 aromatic carbocycles. The van der Waals surface area contributed by atoms with Gasteiger partial charge in [0.1, 0.15) is 0 Å². The Morgan fingerprint density at radius 3 is 2.14 bits per heavy atom. The van der Waals surface area contributed by atoms with E-state index < -0.39 is 0 Å². The number of carbonyl (C=O) groups is 1. The molecule has 0 aliphatic heterocycles. The van der Waals surface area contributed by atoms with E-state index in [0.29, 0.717) is 17.6 Å². The Labute approximate surface area is 181 Å². The predicted molar refractivity (Wildman–Crippen MR) is 125 cm³/mol. The molecule has 164 valence electrons. The van der Waals surface area contributed by atoms with Gasteiger partial charge in [-0.15, -0.1) is 10.2 Å². The molecule has 0 atom stereocenters. The van der Waals surface area contributed by atoms with Crippen molar-refractivity contribution in [1.82, 2.24) is 10.2 Å². The molecule has 0 bridgehead atoms. The van der Waals surface area contributed by atoms with E-state index >= 15 is 0 Å². The zero-order valence-electron chi connectivity index (χ0n) is 18.3. The van der Waals surface area contributed by atoms with Crippen molar-refractivity contribution in [3.05, 3.63) is 12.2 Å². The van der Waals surface area contributed by atoms with Gasteiger partial charge in [-0.3, -0.25) is 4.79 Å². The minimum Gasteiger partial charge on any atom is -0.357 e. The maximum absolute atomic E-state index is 12.0. The van der Waals surface area contributed by atoms with Crippen molar-refractivity contribution in [3.63, 3.8) is 0 Å². The van der Waals surface area contributed by atoms with Crippen molar-refractivity contribution in [1.29, 1.82) is 0 Å². The van der Waals surface area contributed by atoms with Gasteiger partial charge in [-0.25, -0.2) is 0 Å². The molecular formula is C23H40N4OS. The minimum absolute atomic E-state index is 0.0525. The molecule has 1 fully saturated rings. The first kappa shape index (κ1) is 23.8. The van der Waals surface area contributed by atoms with Gasteiger partial charge in [0.25, 0.3) is 0 Å². The summed E-state index contributed by atoms with van der Waals surface area (Å²) in [5, 5.41) is 15.7. The number of hydrogen-bond donors (Lipinski definition) is 2. The third-order valence-corrected chi connectivity index (χ3v) is 6.01. The molecule has 1 aliphatic carbocycles. The highest BCUT2D eigenvalue weighted by Gasteiger charge is 2.22. The Morgan fingerprint density at radius 2 is 1.48 bits per heavy atom. The number of unbranched alkanes of at least 4 members (excludes halogenated alkanes) is 11. The normalized spacial score (nSPS) is 13.8. The highest BCUT2D eigenvalue weighted by Crippen LogP contribution is 2.28. The van der Waals surface area contributed by atoms with E-state index in [4.69, 9.17) is 0 Å². The lowest BCUT2D eigenvalue weighted by atomic mass is 10.1. The van der Waals surface area contributed by atoms with Crippen LogP contribution in [0, 0.1) is 0 Å². The zero-order chi connectivity index (χ0) is 20.6. The molecule has 1 heterocycles. The number of nitrogens with zero attached hydrogens (tertiary/aromatic N) is 2. The van der Waals surface area contributed by atoms with Crippen LogP contribution < -0.4 is 10.6 Å². The molecule has 6 heteroatoms. The van der Waals surface area contributed by atoms with Crippen LogP contribution in [0.4, 0.5) is 10.3 Å². The second kappa shape index (κ2) is 15.4. The van der Waals surface area contributed by atoms with Crippen LogP contribution in [0.2, 0.25) is 0 Å². The van der Waals surface area contributed by atoms with E-state index in [9.17, 15) is 4.79 Å². The number of allylic oxidation sites excluding steroid dienone is 2. The van der Waals surface area contributed by atoms with Crippen molar-refractivity contribution in [2.24, 2.45) is 0 Å². The lowest BCUT2D eigenvalue weighted by Gasteiger charge is -2.02. The largest absolute Gasteiger partial charge is 0.357 e. The zero-order valence-corrected chi connectivity index (χ0v) is 19.1. The number of amides is 1. The molecule has 2 N–H and O–H groups in total. The molecule has 0 radical (unpaired) electrons. The molecule has 0 unspecified atom stereocenters. The second-order valence-corrected chi connectivity index (χ2v) is 9.19. The predicted octanol–water partition coefficient (Wildman–Crippen LogP) is 7.09. The Bertz CT molecular complexity index is 583. The van der Waals surface area contributed by atoms with Crippen molar-refractivity contribution < 1.29 is 4.79 Å². The molecule has 1 aliphatic rings. The number of aromatic nitrogens is 2.